The van der Waals surface area contributed by atoms with Crippen LogP contribution in [0.2, 0.25) is 0 Å². The van der Waals surface area contributed by atoms with E-state index in [2.05, 4.69) is 0 Å². The lowest BCUT2D eigenvalue weighted by atomic mass is 10.4. The Hall–Kier alpha value is -0.970. The number of sulfone groups is 1. The SMILES string of the molecule is O=S(=O)(CF)c1cccc(F)c1. The standard InChI is InChI=1S/C7H6F2O2S/c8-5-12(10,11)7-3-1-2-6(9)4-7/h1-4H,5H2. The van der Waals surface area contributed by atoms with E-state index in [0.29, 0.717) is 0 Å². The van der Waals surface area contributed by atoms with Crippen LogP contribution in [0.15, 0.2) is 29.2 Å². The van der Waals surface area contributed by atoms with Gasteiger partial charge in [-0.3, -0.25) is 0 Å². The molecule has 1 rings (SSSR count). The molecule has 0 spiro atoms. The monoisotopic (exact) mass is 192 g/mol. The van der Waals surface area contributed by atoms with Crippen molar-refractivity contribution in [1.82, 2.24) is 0 Å². The first-order valence-electron chi connectivity index (χ1n) is 3.10. The molecule has 1 aromatic carbocycles. The van der Waals surface area contributed by atoms with Crippen LogP contribution in [0.4, 0.5) is 8.78 Å². The summed E-state index contributed by atoms with van der Waals surface area (Å²) in [6.07, 6.45) is 0. The van der Waals surface area contributed by atoms with Gasteiger partial charge in [-0.15, -0.1) is 0 Å². The van der Waals surface area contributed by atoms with Gasteiger partial charge in [-0.05, 0) is 18.2 Å². The van der Waals surface area contributed by atoms with Crippen LogP contribution in [-0.4, -0.2) is 14.4 Å². The molecule has 0 heterocycles. The second-order valence-corrected chi connectivity index (χ2v) is 4.10. The summed E-state index contributed by atoms with van der Waals surface area (Å²) >= 11 is 0. The fraction of sp³-hybridized carbons (Fsp3) is 0.143. The smallest absolute Gasteiger partial charge is 0.207 e. The minimum Gasteiger partial charge on any atom is -0.233 e. The van der Waals surface area contributed by atoms with Gasteiger partial charge < -0.3 is 0 Å². The highest BCUT2D eigenvalue weighted by Crippen LogP contribution is 2.12. The highest BCUT2D eigenvalue weighted by atomic mass is 32.2. The maximum Gasteiger partial charge on any atom is 0.207 e. The normalized spacial score (nSPS) is 11.5. The predicted octanol–water partition coefficient (Wildman–Crippen LogP) is 1.53. The Morgan fingerprint density at radius 2 is 2.00 bits per heavy atom. The van der Waals surface area contributed by atoms with Crippen LogP contribution in [0.1, 0.15) is 0 Å². The van der Waals surface area contributed by atoms with Crippen molar-refractivity contribution < 1.29 is 17.2 Å². The topological polar surface area (TPSA) is 34.1 Å². The molecule has 0 saturated heterocycles. The molecule has 0 aliphatic heterocycles. The van der Waals surface area contributed by atoms with Gasteiger partial charge in [-0.1, -0.05) is 6.07 Å². The molecule has 0 unspecified atom stereocenters. The van der Waals surface area contributed by atoms with Gasteiger partial charge in [0.05, 0.1) is 4.90 Å². The Bertz CT molecular complexity index is 373. The highest BCUT2D eigenvalue weighted by Gasteiger charge is 2.13. The molecule has 0 bridgehead atoms. The minimum atomic E-state index is -3.93. The summed E-state index contributed by atoms with van der Waals surface area (Å²) in [5.41, 5.74) is 0. The number of halogens is 2. The maximum atomic E-state index is 12.4. The molecule has 0 fully saturated rings. The molecule has 0 aliphatic carbocycles. The van der Waals surface area contributed by atoms with E-state index in [0.717, 1.165) is 18.2 Å². The molecule has 0 saturated carbocycles. The van der Waals surface area contributed by atoms with Crippen molar-refractivity contribution in [2.75, 3.05) is 6.01 Å². The van der Waals surface area contributed by atoms with E-state index < -0.39 is 21.7 Å². The molecule has 0 amide bonds. The Balaban J connectivity index is 3.21. The molecule has 2 nitrogen and oxygen atoms in total. The Morgan fingerprint density at radius 1 is 1.33 bits per heavy atom. The van der Waals surface area contributed by atoms with E-state index in [1.807, 2.05) is 0 Å². The number of alkyl halides is 1. The van der Waals surface area contributed by atoms with Crippen molar-refractivity contribution in [3.8, 4) is 0 Å². The van der Waals surface area contributed by atoms with E-state index in [1.54, 1.807) is 0 Å². The van der Waals surface area contributed by atoms with Crippen molar-refractivity contribution in [3.63, 3.8) is 0 Å². The van der Waals surface area contributed by atoms with E-state index in [-0.39, 0.29) is 4.90 Å². The fourth-order valence-electron chi connectivity index (χ4n) is 0.723. The van der Waals surface area contributed by atoms with Gasteiger partial charge in [-0.2, -0.15) is 0 Å². The maximum absolute atomic E-state index is 12.4. The third-order valence-electron chi connectivity index (χ3n) is 1.30. The number of hydrogen-bond acceptors (Lipinski definition) is 2. The molecular weight excluding hydrogens is 186 g/mol. The van der Waals surface area contributed by atoms with E-state index in [9.17, 15) is 17.2 Å². The molecule has 0 radical (unpaired) electrons. The number of rotatable bonds is 2. The van der Waals surface area contributed by atoms with Crippen LogP contribution in [0.5, 0.6) is 0 Å². The fourth-order valence-corrected chi connectivity index (χ4v) is 1.43. The first-order chi connectivity index (χ1) is 5.56. The summed E-state index contributed by atoms with van der Waals surface area (Å²) in [5.74, 6) is -0.690. The van der Waals surface area contributed by atoms with Crippen molar-refractivity contribution >= 4 is 9.84 Å². The van der Waals surface area contributed by atoms with Crippen LogP contribution >= 0.6 is 0 Å². The third-order valence-corrected chi connectivity index (χ3v) is 2.56. The molecule has 1 aromatic rings. The molecule has 0 N–H and O–H groups in total. The summed E-state index contributed by atoms with van der Waals surface area (Å²) < 4.78 is 45.9. The lowest BCUT2D eigenvalue weighted by Gasteiger charge is -1.97. The van der Waals surface area contributed by atoms with Crippen LogP contribution < -0.4 is 0 Å². The summed E-state index contributed by atoms with van der Waals surface area (Å²) in [4.78, 5) is -0.329. The second kappa shape index (κ2) is 3.18. The van der Waals surface area contributed by atoms with Crippen molar-refractivity contribution in [1.29, 1.82) is 0 Å². The van der Waals surface area contributed by atoms with E-state index in [4.69, 9.17) is 0 Å². The largest absolute Gasteiger partial charge is 0.233 e. The first kappa shape index (κ1) is 9.12. The number of hydrogen-bond donors (Lipinski definition) is 0. The second-order valence-electron chi connectivity index (χ2n) is 2.18. The molecule has 0 aromatic heterocycles. The van der Waals surface area contributed by atoms with Gasteiger partial charge in [0.2, 0.25) is 9.84 Å². The van der Waals surface area contributed by atoms with E-state index >= 15 is 0 Å². The number of benzene rings is 1. The molecule has 0 aliphatic rings. The van der Waals surface area contributed by atoms with Gasteiger partial charge in [0.25, 0.3) is 0 Å². The summed E-state index contributed by atoms with van der Waals surface area (Å²) in [7, 11) is -3.93. The van der Waals surface area contributed by atoms with Crippen molar-refractivity contribution in [2.24, 2.45) is 0 Å². The van der Waals surface area contributed by atoms with Crippen molar-refractivity contribution in [3.05, 3.63) is 30.1 Å². The van der Waals surface area contributed by atoms with Gasteiger partial charge in [0.1, 0.15) is 5.82 Å². The lowest BCUT2D eigenvalue weighted by molar-refractivity contribution is 0.533. The van der Waals surface area contributed by atoms with Gasteiger partial charge in [-0.25, -0.2) is 17.2 Å². The third kappa shape index (κ3) is 1.79. The quantitative estimate of drug-likeness (QED) is 0.712. The minimum absolute atomic E-state index is 0.329. The van der Waals surface area contributed by atoms with Gasteiger partial charge >= 0.3 is 0 Å². The average Bonchev–Trinajstić information content (AvgIpc) is 2.05. The molecule has 66 valence electrons. The molecular formula is C7H6F2O2S. The summed E-state index contributed by atoms with van der Waals surface area (Å²) in [5, 5.41) is 0. The zero-order valence-corrected chi connectivity index (χ0v) is 6.81. The van der Waals surface area contributed by atoms with Crippen LogP contribution in [0.25, 0.3) is 0 Å². The van der Waals surface area contributed by atoms with Crippen LogP contribution in [-0.2, 0) is 9.84 Å². The lowest BCUT2D eigenvalue weighted by Crippen LogP contribution is -2.02. The van der Waals surface area contributed by atoms with Gasteiger partial charge in [0.15, 0.2) is 6.01 Å². The zero-order chi connectivity index (χ0) is 9.19. The molecule has 0 atom stereocenters. The average molecular weight is 192 g/mol. The zero-order valence-electron chi connectivity index (χ0n) is 6.00. The Morgan fingerprint density at radius 3 is 2.50 bits per heavy atom. The Kier molecular flexibility index (Phi) is 2.42. The first-order valence-corrected chi connectivity index (χ1v) is 4.76. The summed E-state index contributed by atoms with van der Waals surface area (Å²) in [6.45, 7) is 0. The molecule has 12 heavy (non-hydrogen) atoms. The van der Waals surface area contributed by atoms with Crippen LogP contribution in [0, 0.1) is 5.82 Å². The van der Waals surface area contributed by atoms with Crippen molar-refractivity contribution in [2.45, 2.75) is 4.90 Å². The molecule has 5 heteroatoms. The summed E-state index contributed by atoms with van der Waals surface area (Å²) in [6, 6.07) is 2.75. The van der Waals surface area contributed by atoms with E-state index in [1.165, 1.54) is 6.07 Å². The highest BCUT2D eigenvalue weighted by molar-refractivity contribution is 7.91. The van der Waals surface area contributed by atoms with Crippen LogP contribution in [0.3, 0.4) is 0 Å². The predicted molar refractivity (Wildman–Crippen MR) is 39.6 cm³/mol. The Labute approximate surface area is 68.8 Å². The van der Waals surface area contributed by atoms with Gasteiger partial charge in [0, 0.05) is 0 Å².